The number of rotatable bonds is 2. The molecule has 0 aliphatic carbocycles. The van der Waals surface area contributed by atoms with E-state index in [1.165, 1.54) is 22.2 Å². The first-order valence-corrected chi connectivity index (χ1v) is 11.7. The summed E-state index contributed by atoms with van der Waals surface area (Å²) in [4.78, 5) is 21.5. The Morgan fingerprint density at radius 2 is 1.66 bits per heavy atom. The molecule has 3 aliphatic rings. The van der Waals surface area contributed by atoms with Crippen molar-refractivity contribution in [1.82, 2.24) is 9.88 Å². The van der Waals surface area contributed by atoms with Crippen LogP contribution >= 0.6 is 0 Å². The van der Waals surface area contributed by atoms with E-state index in [0.29, 0.717) is 26.3 Å². The van der Waals surface area contributed by atoms with Crippen molar-refractivity contribution in [3.63, 3.8) is 0 Å². The van der Waals surface area contributed by atoms with E-state index in [4.69, 9.17) is 9.47 Å². The maximum Gasteiger partial charge on any atom is 0.255 e. The van der Waals surface area contributed by atoms with Crippen LogP contribution in [-0.2, 0) is 21.5 Å². The summed E-state index contributed by atoms with van der Waals surface area (Å²) in [5, 5.41) is 1.31. The van der Waals surface area contributed by atoms with Crippen molar-refractivity contribution in [3.8, 4) is 0 Å². The van der Waals surface area contributed by atoms with Crippen molar-refractivity contribution < 1.29 is 14.3 Å². The largest absolute Gasteiger partial charge is 0.378 e. The van der Waals surface area contributed by atoms with Gasteiger partial charge in [-0.1, -0.05) is 30.3 Å². The third-order valence-corrected chi connectivity index (χ3v) is 7.34. The van der Waals surface area contributed by atoms with E-state index in [9.17, 15) is 4.79 Å². The highest BCUT2D eigenvalue weighted by atomic mass is 16.5. The average molecular weight is 432 g/mol. The zero-order valence-corrected chi connectivity index (χ0v) is 18.3. The Morgan fingerprint density at radius 3 is 2.50 bits per heavy atom. The number of aromatic nitrogens is 1. The van der Waals surface area contributed by atoms with Gasteiger partial charge in [0.1, 0.15) is 5.60 Å². The highest BCUT2D eigenvalue weighted by Crippen LogP contribution is 2.43. The summed E-state index contributed by atoms with van der Waals surface area (Å²) in [7, 11) is 0. The van der Waals surface area contributed by atoms with Gasteiger partial charge in [-0.25, -0.2) is 0 Å². The van der Waals surface area contributed by atoms with E-state index >= 15 is 0 Å². The molecule has 3 aliphatic heterocycles. The van der Waals surface area contributed by atoms with Gasteiger partial charge in [0.05, 0.1) is 31.1 Å². The Morgan fingerprint density at radius 1 is 0.906 bits per heavy atom. The Kier molecular flexibility index (Phi) is 4.92. The van der Waals surface area contributed by atoms with Crippen LogP contribution in [0, 0.1) is 0 Å². The lowest BCUT2D eigenvalue weighted by molar-refractivity contribution is -0.0957. The van der Waals surface area contributed by atoms with E-state index in [2.05, 4.69) is 40.2 Å². The van der Waals surface area contributed by atoms with Gasteiger partial charge in [-0.2, -0.15) is 0 Å². The number of anilines is 1. The molecule has 0 atom stereocenters. The predicted molar refractivity (Wildman–Crippen MR) is 124 cm³/mol. The van der Waals surface area contributed by atoms with Gasteiger partial charge in [0, 0.05) is 42.8 Å². The standard InChI is InChI=1S/C26H29N3O3/c30-25(21-6-2-4-8-23(21)28-14-17-31-18-15-28)29-12-10-26(11-13-29)24-20(9-16-32-26)19-5-1-3-7-22(19)27-24/h1-8,27H,9-18H2. The highest BCUT2D eigenvalue weighted by molar-refractivity contribution is 6.00. The van der Waals surface area contributed by atoms with Crippen molar-refractivity contribution >= 4 is 22.5 Å². The second-order valence-corrected chi connectivity index (χ2v) is 9.03. The number of piperidine rings is 1. The van der Waals surface area contributed by atoms with E-state index in [-0.39, 0.29) is 11.5 Å². The lowest BCUT2D eigenvalue weighted by Crippen LogP contribution is -2.48. The molecule has 2 aromatic carbocycles. The van der Waals surface area contributed by atoms with Crippen LogP contribution in [-0.4, -0.2) is 61.8 Å². The molecule has 3 aromatic rings. The average Bonchev–Trinajstić information content (AvgIpc) is 3.25. The summed E-state index contributed by atoms with van der Waals surface area (Å²) < 4.78 is 11.9. The zero-order chi connectivity index (χ0) is 21.5. The highest BCUT2D eigenvalue weighted by Gasteiger charge is 2.43. The molecule has 6 nitrogen and oxygen atoms in total. The van der Waals surface area contributed by atoms with Crippen LogP contribution in [0.1, 0.15) is 34.5 Å². The van der Waals surface area contributed by atoms with E-state index in [0.717, 1.165) is 50.2 Å². The number of H-pyrrole nitrogens is 1. The summed E-state index contributed by atoms with van der Waals surface area (Å²) in [6, 6.07) is 16.5. The number of aromatic amines is 1. The summed E-state index contributed by atoms with van der Waals surface area (Å²) in [6.45, 7) is 5.20. The fraction of sp³-hybridized carbons (Fsp3) is 0.423. The predicted octanol–water partition coefficient (Wildman–Crippen LogP) is 3.71. The first kappa shape index (κ1) is 19.8. The quantitative estimate of drug-likeness (QED) is 0.672. The molecule has 1 aromatic heterocycles. The molecular formula is C26H29N3O3. The fourth-order valence-electron chi connectivity index (χ4n) is 5.64. The van der Waals surface area contributed by atoms with E-state index in [1.54, 1.807) is 0 Å². The number of carbonyl (C=O) groups is 1. The van der Waals surface area contributed by atoms with Crippen molar-refractivity contribution in [2.24, 2.45) is 0 Å². The maximum absolute atomic E-state index is 13.5. The van der Waals surface area contributed by atoms with Crippen LogP contribution in [0.25, 0.3) is 10.9 Å². The summed E-state index contributed by atoms with van der Waals surface area (Å²) >= 11 is 0. The van der Waals surface area contributed by atoms with Gasteiger partial charge in [-0.05, 0) is 43.0 Å². The number of likely N-dealkylation sites (tertiary alicyclic amines) is 1. The molecule has 2 fully saturated rings. The van der Waals surface area contributed by atoms with Crippen molar-refractivity contribution in [1.29, 1.82) is 0 Å². The number of nitrogens with zero attached hydrogens (tertiary/aromatic N) is 2. The summed E-state index contributed by atoms with van der Waals surface area (Å²) in [5.74, 6) is 0.120. The number of carbonyl (C=O) groups excluding carboxylic acids is 1. The number of fused-ring (bicyclic) bond motifs is 4. The molecule has 0 radical (unpaired) electrons. The van der Waals surface area contributed by atoms with Crippen LogP contribution in [0.4, 0.5) is 5.69 Å². The second kappa shape index (κ2) is 7.94. The Hall–Kier alpha value is -2.83. The second-order valence-electron chi connectivity index (χ2n) is 9.03. The van der Waals surface area contributed by atoms with Gasteiger partial charge in [-0.3, -0.25) is 4.79 Å². The third-order valence-electron chi connectivity index (χ3n) is 7.34. The molecule has 166 valence electrons. The van der Waals surface area contributed by atoms with Crippen molar-refractivity contribution in [2.75, 3.05) is 50.9 Å². The first-order valence-electron chi connectivity index (χ1n) is 11.7. The first-order chi connectivity index (χ1) is 15.8. The molecule has 6 heteroatoms. The normalized spacial score (nSPS) is 20.5. The van der Waals surface area contributed by atoms with Crippen LogP contribution < -0.4 is 4.90 Å². The maximum atomic E-state index is 13.5. The molecule has 1 N–H and O–H groups in total. The van der Waals surface area contributed by atoms with Gasteiger partial charge in [0.25, 0.3) is 5.91 Å². The Balaban J connectivity index is 1.24. The Bertz CT molecular complexity index is 1140. The van der Waals surface area contributed by atoms with Crippen LogP contribution in [0.15, 0.2) is 48.5 Å². The number of ether oxygens (including phenoxy) is 2. The minimum Gasteiger partial charge on any atom is -0.378 e. The van der Waals surface area contributed by atoms with Gasteiger partial charge in [0.2, 0.25) is 0 Å². The van der Waals surface area contributed by atoms with E-state index in [1.807, 2.05) is 23.1 Å². The molecule has 0 bridgehead atoms. The SMILES string of the molecule is O=C(c1ccccc1N1CCOCC1)N1CCC2(CC1)OCCc1c2[nH]c2ccccc12. The third kappa shape index (κ3) is 3.21. The van der Waals surface area contributed by atoms with Gasteiger partial charge < -0.3 is 24.3 Å². The molecule has 1 spiro atoms. The van der Waals surface area contributed by atoms with Crippen molar-refractivity contribution in [2.45, 2.75) is 24.9 Å². The number of benzene rings is 2. The monoisotopic (exact) mass is 431 g/mol. The van der Waals surface area contributed by atoms with Crippen LogP contribution in [0.3, 0.4) is 0 Å². The topological polar surface area (TPSA) is 57.8 Å². The van der Waals surface area contributed by atoms with E-state index < -0.39 is 0 Å². The molecule has 6 rings (SSSR count). The van der Waals surface area contributed by atoms with Crippen molar-refractivity contribution in [3.05, 3.63) is 65.4 Å². The number of nitrogens with one attached hydrogen (secondary N) is 1. The molecule has 4 heterocycles. The van der Waals surface area contributed by atoms with Crippen LogP contribution in [0.2, 0.25) is 0 Å². The molecule has 0 unspecified atom stereocenters. The van der Waals surface area contributed by atoms with Gasteiger partial charge >= 0.3 is 0 Å². The summed E-state index contributed by atoms with van der Waals surface area (Å²) in [5.41, 5.74) is 5.30. The molecule has 0 saturated carbocycles. The molecule has 32 heavy (non-hydrogen) atoms. The number of para-hydroxylation sites is 2. The summed E-state index contributed by atoms with van der Waals surface area (Å²) in [6.07, 6.45) is 2.58. The van der Waals surface area contributed by atoms with Gasteiger partial charge in [0.15, 0.2) is 0 Å². The minimum atomic E-state index is -0.312. The molecule has 2 saturated heterocycles. The lowest BCUT2D eigenvalue weighted by Gasteiger charge is -2.44. The number of hydrogen-bond acceptors (Lipinski definition) is 4. The Labute approximate surface area is 188 Å². The minimum absolute atomic E-state index is 0.120. The number of hydrogen-bond donors (Lipinski definition) is 1. The van der Waals surface area contributed by atoms with Crippen LogP contribution in [0.5, 0.6) is 0 Å². The molecular weight excluding hydrogens is 402 g/mol. The number of morpholine rings is 1. The fourth-order valence-corrected chi connectivity index (χ4v) is 5.64. The lowest BCUT2D eigenvalue weighted by atomic mass is 9.83. The smallest absolute Gasteiger partial charge is 0.255 e. The number of amides is 1. The zero-order valence-electron chi connectivity index (χ0n) is 18.3. The molecule has 1 amide bonds. The van der Waals surface area contributed by atoms with Gasteiger partial charge in [-0.15, -0.1) is 0 Å².